The Balaban J connectivity index is 1.26. The van der Waals surface area contributed by atoms with Crippen LogP contribution in [0.2, 0.25) is 0 Å². The lowest BCUT2D eigenvalue weighted by Gasteiger charge is -2.06. The van der Waals surface area contributed by atoms with Crippen LogP contribution in [0.15, 0.2) is 66.7 Å². The predicted molar refractivity (Wildman–Crippen MR) is 105 cm³/mol. The quantitative estimate of drug-likeness (QED) is 0.520. The van der Waals surface area contributed by atoms with E-state index in [0.717, 1.165) is 35.3 Å². The van der Waals surface area contributed by atoms with Crippen molar-refractivity contribution in [1.82, 2.24) is 15.3 Å². The molecule has 1 heterocycles. The molecule has 1 aromatic heterocycles. The van der Waals surface area contributed by atoms with Gasteiger partial charge < -0.3 is 10.3 Å². The first-order chi connectivity index (χ1) is 12.8. The Morgan fingerprint density at radius 2 is 1.77 bits per heavy atom. The zero-order valence-electron chi connectivity index (χ0n) is 14.5. The van der Waals surface area contributed by atoms with Gasteiger partial charge in [-0.2, -0.15) is 0 Å². The second-order valence-corrected chi connectivity index (χ2v) is 6.51. The number of nitrogens with one attached hydrogen (secondary N) is 2. The summed E-state index contributed by atoms with van der Waals surface area (Å²) in [6.07, 6.45) is 2.10. The third kappa shape index (κ3) is 3.75. The number of hydrogen-bond acceptors (Lipinski definition) is 2. The molecule has 0 unspecified atom stereocenters. The minimum Gasteiger partial charge on any atom is -0.356 e. The van der Waals surface area contributed by atoms with E-state index >= 15 is 0 Å². The molecule has 0 spiro atoms. The van der Waals surface area contributed by atoms with Gasteiger partial charge in [0.15, 0.2) is 0 Å². The molecule has 130 valence electrons. The van der Waals surface area contributed by atoms with E-state index in [1.165, 1.54) is 10.8 Å². The van der Waals surface area contributed by atoms with E-state index in [9.17, 15) is 4.79 Å². The standard InChI is InChI=1S/C22H21N3O/c26-22(15-16-11-12-17-6-1-2-7-18(17)14-16)23-13-5-10-21-24-19-8-3-4-9-20(19)25-21/h1-4,6-9,11-12,14H,5,10,13,15H2,(H,23,26)(H,24,25). The first kappa shape index (κ1) is 16.3. The van der Waals surface area contributed by atoms with Gasteiger partial charge in [0.05, 0.1) is 17.5 Å². The number of carbonyl (C=O) groups excluding carboxylic acids is 1. The Hall–Kier alpha value is -3.14. The summed E-state index contributed by atoms with van der Waals surface area (Å²) in [4.78, 5) is 20.0. The molecular weight excluding hydrogens is 322 g/mol. The molecule has 4 heteroatoms. The van der Waals surface area contributed by atoms with Crippen molar-refractivity contribution in [2.75, 3.05) is 6.54 Å². The van der Waals surface area contributed by atoms with E-state index in [2.05, 4.69) is 39.6 Å². The molecule has 0 fully saturated rings. The van der Waals surface area contributed by atoms with Gasteiger partial charge >= 0.3 is 0 Å². The van der Waals surface area contributed by atoms with Crippen molar-refractivity contribution in [3.05, 3.63) is 78.1 Å². The molecule has 0 saturated carbocycles. The van der Waals surface area contributed by atoms with Crippen LogP contribution in [0.5, 0.6) is 0 Å². The van der Waals surface area contributed by atoms with Gasteiger partial charge in [-0.3, -0.25) is 4.79 Å². The van der Waals surface area contributed by atoms with Crippen LogP contribution in [0, 0.1) is 0 Å². The van der Waals surface area contributed by atoms with Crippen molar-refractivity contribution in [2.45, 2.75) is 19.3 Å². The number of para-hydroxylation sites is 2. The van der Waals surface area contributed by atoms with Gasteiger partial charge in [-0.15, -0.1) is 0 Å². The van der Waals surface area contributed by atoms with Crippen LogP contribution in [-0.2, 0) is 17.6 Å². The van der Waals surface area contributed by atoms with Crippen LogP contribution in [0.1, 0.15) is 17.8 Å². The molecule has 0 saturated heterocycles. The lowest BCUT2D eigenvalue weighted by Crippen LogP contribution is -2.26. The zero-order valence-corrected chi connectivity index (χ0v) is 14.5. The maximum absolute atomic E-state index is 12.2. The number of carbonyl (C=O) groups is 1. The van der Waals surface area contributed by atoms with E-state index in [-0.39, 0.29) is 5.91 Å². The number of rotatable bonds is 6. The SMILES string of the molecule is O=C(Cc1ccc2ccccc2c1)NCCCc1nc2ccccc2[nH]1. The van der Waals surface area contributed by atoms with E-state index in [0.29, 0.717) is 13.0 Å². The first-order valence-corrected chi connectivity index (χ1v) is 8.96. The van der Waals surface area contributed by atoms with Gasteiger partial charge in [0.25, 0.3) is 0 Å². The largest absolute Gasteiger partial charge is 0.356 e. The molecule has 1 amide bonds. The smallest absolute Gasteiger partial charge is 0.224 e. The number of fused-ring (bicyclic) bond motifs is 2. The van der Waals surface area contributed by atoms with Gasteiger partial charge in [-0.1, -0.05) is 54.6 Å². The van der Waals surface area contributed by atoms with Crippen LogP contribution in [0.4, 0.5) is 0 Å². The van der Waals surface area contributed by atoms with E-state index in [4.69, 9.17) is 0 Å². The summed E-state index contributed by atoms with van der Waals surface area (Å²) >= 11 is 0. The Kier molecular flexibility index (Phi) is 4.65. The average Bonchev–Trinajstić information content (AvgIpc) is 3.08. The van der Waals surface area contributed by atoms with Crippen LogP contribution in [0.25, 0.3) is 21.8 Å². The summed E-state index contributed by atoms with van der Waals surface area (Å²) in [6, 6.07) is 22.4. The maximum Gasteiger partial charge on any atom is 0.224 e. The minimum atomic E-state index is 0.0601. The second-order valence-electron chi connectivity index (χ2n) is 6.51. The summed E-state index contributed by atoms with van der Waals surface area (Å²) < 4.78 is 0. The van der Waals surface area contributed by atoms with Gasteiger partial charge in [-0.05, 0) is 34.9 Å². The van der Waals surface area contributed by atoms with Crippen LogP contribution in [0.3, 0.4) is 0 Å². The molecule has 3 aromatic carbocycles. The normalized spacial score (nSPS) is 11.1. The van der Waals surface area contributed by atoms with Crippen molar-refractivity contribution in [3.63, 3.8) is 0 Å². The Morgan fingerprint density at radius 1 is 0.962 bits per heavy atom. The Morgan fingerprint density at radius 3 is 2.65 bits per heavy atom. The number of benzene rings is 3. The van der Waals surface area contributed by atoms with Crippen LogP contribution < -0.4 is 5.32 Å². The molecule has 4 nitrogen and oxygen atoms in total. The molecule has 0 aliphatic rings. The number of hydrogen-bond donors (Lipinski definition) is 2. The molecule has 0 aliphatic carbocycles. The third-order valence-electron chi connectivity index (χ3n) is 4.53. The van der Waals surface area contributed by atoms with Crippen molar-refractivity contribution in [1.29, 1.82) is 0 Å². The predicted octanol–water partition coefficient (Wildman–Crippen LogP) is 4.01. The maximum atomic E-state index is 12.2. The number of imidazole rings is 1. The van der Waals surface area contributed by atoms with Gasteiger partial charge in [-0.25, -0.2) is 4.98 Å². The topological polar surface area (TPSA) is 57.8 Å². The van der Waals surface area contributed by atoms with Crippen molar-refractivity contribution >= 4 is 27.7 Å². The zero-order chi connectivity index (χ0) is 17.8. The fraction of sp³-hybridized carbons (Fsp3) is 0.182. The molecule has 0 aliphatic heterocycles. The lowest BCUT2D eigenvalue weighted by atomic mass is 10.0. The van der Waals surface area contributed by atoms with E-state index in [1.807, 2.05) is 42.5 Å². The molecular formula is C22H21N3O. The van der Waals surface area contributed by atoms with E-state index < -0.39 is 0 Å². The molecule has 0 radical (unpaired) electrons. The molecule has 0 atom stereocenters. The number of amides is 1. The summed E-state index contributed by atoms with van der Waals surface area (Å²) in [5.41, 5.74) is 3.09. The van der Waals surface area contributed by atoms with Crippen molar-refractivity contribution in [3.8, 4) is 0 Å². The van der Waals surface area contributed by atoms with Gasteiger partial charge in [0.2, 0.25) is 5.91 Å². The van der Waals surface area contributed by atoms with Gasteiger partial charge in [0.1, 0.15) is 5.82 Å². The first-order valence-electron chi connectivity index (χ1n) is 8.96. The highest BCUT2D eigenvalue weighted by Crippen LogP contribution is 2.16. The fourth-order valence-corrected chi connectivity index (χ4v) is 3.20. The monoisotopic (exact) mass is 343 g/mol. The molecule has 0 bridgehead atoms. The van der Waals surface area contributed by atoms with Crippen LogP contribution in [-0.4, -0.2) is 22.4 Å². The van der Waals surface area contributed by atoms with Gasteiger partial charge in [0, 0.05) is 13.0 Å². The number of nitrogens with zero attached hydrogens (tertiary/aromatic N) is 1. The molecule has 4 aromatic rings. The Bertz CT molecular complexity index is 1020. The number of aromatic nitrogens is 2. The average molecular weight is 343 g/mol. The van der Waals surface area contributed by atoms with E-state index in [1.54, 1.807) is 0 Å². The van der Waals surface area contributed by atoms with Crippen molar-refractivity contribution < 1.29 is 4.79 Å². The summed E-state index contributed by atoms with van der Waals surface area (Å²) in [7, 11) is 0. The minimum absolute atomic E-state index is 0.0601. The fourth-order valence-electron chi connectivity index (χ4n) is 3.20. The van der Waals surface area contributed by atoms with Crippen LogP contribution >= 0.6 is 0 Å². The second kappa shape index (κ2) is 7.40. The lowest BCUT2D eigenvalue weighted by molar-refractivity contribution is -0.120. The number of aromatic amines is 1. The molecule has 26 heavy (non-hydrogen) atoms. The summed E-state index contributed by atoms with van der Waals surface area (Å²) in [6.45, 7) is 0.656. The van der Waals surface area contributed by atoms with Crippen molar-refractivity contribution in [2.24, 2.45) is 0 Å². The number of H-pyrrole nitrogens is 1. The number of aryl methyl sites for hydroxylation is 1. The highest BCUT2D eigenvalue weighted by molar-refractivity contribution is 5.85. The third-order valence-corrected chi connectivity index (χ3v) is 4.53. The summed E-state index contributed by atoms with van der Waals surface area (Å²) in [5, 5.41) is 5.37. The highest BCUT2D eigenvalue weighted by Gasteiger charge is 2.05. The highest BCUT2D eigenvalue weighted by atomic mass is 16.1. The Labute approximate surface area is 152 Å². The molecule has 2 N–H and O–H groups in total. The molecule has 4 rings (SSSR count). The summed E-state index contributed by atoms with van der Waals surface area (Å²) in [5.74, 6) is 1.03.